The topological polar surface area (TPSA) is 61.8 Å². The summed E-state index contributed by atoms with van der Waals surface area (Å²) in [6, 6.07) is 0. The van der Waals surface area contributed by atoms with Gasteiger partial charge in [-0.2, -0.15) is 0 Å². The summed E-state index contributed by atoms with van der Waals surface area (Å²) < 4.78 is 16.3. The number of carbonyl (C=O) groups is 2. The van der Waals surface area contributed by atoms with Crippen molar-refractivity contribution in [3.8, 4) is 0 Å². The Labute approximate surface area is 179 Å². The third-order valence-corrected chi connectivity index (χ3v) is 4.84. The predicted octanol–water partition coefficient (Wildman–Crippen LogP) is 6.37. The Morgan fingerprint density at radius 1 is 0.586 bits per heavy atom. The minimum absolute atomic E-state index is 0.157. The fraction of sp³-hybridized carbons (Fsp3) is 0.917. The largest absolute Gasteiger partial charge is 0.460 e. The van der Waals surface area contributed by atoms with Gasteiger partial charge in [0.25, 0.3) is 0 Å². The Morgan fingerprint density at radius 3 is 1.31 bits per heavy atom. The van der Waals surface area contributed by atoms with Crippen LogP contribution >= 0.6 is 0 Å². The molecular formula is C24H46O5. The summed E-state index contributed by atoms with van der Waals surface area (Å²) in [7, 11) is 0. The maximum Gasteiger partial charge on any atom is 0.306 e. The Kier molecular flexibility index (Phi) is 19.4. The molecule has 0 fully saturated rings. The normalized spacial score (nSPS) is 13.1. The highest BCUT2D eigenvalue weighted by atomic mass is 16.6. The van der Waals surface area contributed by atoms with E-state index in [1.165, 1.54) is 51.4 Å². The van der Waals surface area contributed by atoms with Crippen LogP contribution in [0.25, 0.3) is 0 Å². The molecule has 0 aliphatic heterocycles. The number of carbonyl (C=O) groups excluding carboxylic acids is 2. The zero-order valence-electron chi connectivity index (χ0n) is 19.5. The predicted molar refractivity (Wildman–Crippen MR) is 118 cm³/mol. The Bertz CT molecular complexity index is 361. The zero-order valence-corrected chi connectivity index (χ0v) is 19.5. The highest BCUT2D eigenvalue weighted by Crippen LogP contribution is 2.09. The number of hydrogen-bond acceptors (Lipinski definition) is 5. The summed E-state index contributed by atoms with van der Waals surface area (Å²) in [5.74, 6) is -0.315. The lowest BCUT2D eigenvalue weighted by Gasteiger charge is -2.17. The van der Waals surface area contributed by atoms with Crippen LogP contribution in [0.2, 0.25) is 0 Å². The van der Waals surface area contributed by atoms with Gasteiger partial charge in [-0.1, -0.05) is 78.1 Å². The van der Waals surface area contributed by atoms with E-state index in [1.807, 2.05) is 13.8 Å². The summed E-state index contributed by atoms with van der Waals surface area (Å²) in [6.45, 7) is 8.69. The molecule has 5 heteroatoms. The van der Waals surface area contributed by atoms with Crippen molar-refractivity contribution in [1.29, 1.82) is 0 Å². The van der Waals surface area contributed by atoms with Crippen LogP contribution < -0.4 is 0 Å². The smallest absolute Gasteiger partial charge is 0.306 e. The van der Waals surface area contributed by atoms with Crippen LogP contribution in [-0.2, 0) is 23.8 Å². The van der Waals surface area contributed by atoms with Crippen LogP contribution in [0.4, 0.5) is 0 Å². The van der Waals surface area contributed by atoms with Crippen molar-refractivity contribution >= 4 is 11.9 Å². The molecule has 0 heterocycles. The molecule has 0 spiro atoms. The third kappa shape index (κ3) is 20.0. The molecule has 0 bridgehead atoms. The molecule has 5 nitrogen and oxygen atoms in total. The van der Waals surface area contributed by atoms with E-state index in [9.17, 15) is 9.59 Å². The van der Waals surface area contributed by atoms with E-state index in [1.54, 1.807) is 0 Å². The average Bonchev–Trinajstić information content (AvgIpc) is 2.67. The van der Waals surface area contributed by atoms with E-state index in [-0.39, 0.29) is 24.1 Å². The van der Waals surface area contributed by atoms with Crippen molar-refractivity contribution in [3.05, 3.63) is 0 Å². The molecule has 2 unspecified atom stereocenters. The second-order valence-electron chi connectivity index (χ2n) is 8.17. The molecule has 0 aliphatic carbocycles. The van der Waals surface area contributed by atoms with Gasteiger partial charge in [0, 0.05) is 12.8 Å². The standard InChI is InChI=1S/C24H46O5/c1-5-7-9-11-13-15-17-23(25)28-21(3)19-27-20-22(4)29-24(26)18-16-14-12-10-8-6-2/h21-22H,5-20H2,1-4H3. The first-order valence-corrected chi connectivity index (χ1v) is 12.0. The highest BCUT2D eigenvalue weighted by molar-refractivity contribution is 5.69. The molecule has 0 amide bonds. The summed E-state index contributed by atoms with van der Waals surface area (Å²) in [6.07, 6.45) is 14.2. The molecule has 0 aliphatic rings. The van der Waals surface area contributed by atoms with Crippen molar-refractivity contribution in [3.63, 3.8) is 0 Å². The van der Waals surface area contributed by atoms with Gasteiger partial charge in [0.15, 0.2) is 0 Å². The number of ether oxygens (including phenoxy) is 3. The van der Waals surface area contributed by atoms with Crippen molar-refractivity contribution in [2.75, 3.05) is 13.2 Å². The molecule has 0 aromatic rings. The monoisotopic (exact) mass is 414 g/mol. The van der Waals surface area contributed by atoms with E-state index < -0.39 is 0 Å². The second kappa shape index (κ2) is 20.2. The molecule has 0 radical (unpaired) electrons. The van der Waals surface area contributed by atoms with Gasteiger partial charge in [-0.25, -0.2) is 0 Å². The maximum atomic E-state index is 11.8. The molecular weight excluding hydrogens is 368 g/mol. The van der Waals surface area contributed by atoms with Gasteiger partial charge >= 0.3 is 11.9 Å². The van der Waals surface area contributed by atoms with Crippen LogP contribution in [0.3, 0.4) is 0 Å². The van der Waals surface area contributed by atoms with Gasteiger partial charge in [-0.15, -0.1) is 0 Å². The van der Waals surface area contributed by atoms with Crippen LogP contribution in [-0.4, -0.2) is 37.4 Å². The van der Waals surface area contributed by atoms with Crippen molar-refractivity contribution < 1.29 is 23.8 Å². The fourth-order valence-corrected chi connectivity index (χ4v) is 3.13. The Morgan fingerprint density at radius 2 is 0.931 bits per heavy atom. The molecule has 0 saturated carbocycles. The molecule has 0 rings (SSSR count). The third-order valence-electron chi connectivity index (χ3n) is 4.84. The van der Waals surface area contributed by atoms with E-state index >= 15 is 0 Å². The number of hydrogen-bond donors (Lipinski definition) is 0. The summed E-state index contributed by atoms with van der Waals surface area (Å²) in [4.78, 5) is 23.6. The van der Waals surface area contributed by atoms with Gasteiger partial charge in [-0.05, 0) is 26.7 Å². The molecule has 172 valence electrons. The fourth-order valence-electron chi connectivity index (χ4n) is 3.13. The number of rotatable bonds is 20. The van der Waals surface area contributed by atoms with Crippen LogP contribution in [0.1, 0.15) is 118 Å². The van der Waals surface area contributed by atoms with Gasteiger partial charge in [-0.3, -0.25) is 9.59 Å². The van der Waals surface area contributed by atoms with E-state index in [4.69, 9.17) is 14.2 Å². The van der Waals surface area contributed by atoms with E-state index in [0.717, 1.165) is 25.7 Å². The van der Waals surface area contributed by atoms with E-state index in [0.29, 0.717) is 26.1 Å². The highest BCUT2D eigenvalue weighted by Gasteiger charge is 2.13. The minimum Gasteiger partial charge on any atom is -0.460 e. The first-order chi connectivity index (χ1) is 14.0. The maximum absolute atomic E-state index is 11.8. The second-order valence-corrected chi connectivity index (χ2v) is 8.17. The lowest BCUT2D eigenvalue weighted by Crippen LogP contribution is -2.25. The molecule has 0 saturated heterocycles. The Balaban J connectivity index is 3.62. The molecule has 29 heavy (non-hydrogen) atoms. The number of esters is 2. The quantitative estimate of drug-likeness (QED) is 0.171. The van der Waals surface area contributed by atoms with Gasteiger partial charge in [0.05, 0.1) is 13.2 Å². The van der Waals surface area contributed by atoms with Gasteiger partial charge < -0.3 is 14.2 Å². The van der Waals surface area contributed by atoms with Crippen molar-refractivity contribution in [2.24, 2.45) is 0 Å². The lowest BCUT2D eigenvalue weighted by molar-refractivity contribution is -0.154. The van der Waals surface area contributed by atoms with Gasteiger partial charge in [0.1, 0.15) is 12.2 Å². The number of unbranched alkanes of at least 4 members (excludes halogenated alkanes) is 10. The lowest BCUT2D eigenvalue weighted by atomic mass is 10.1. The van der Waals surface area contributed by atoms with Gasteiger partial charge in [0.2, 0.25) is 0 Å². The summed E-state index contributed by atoms with van der Waals surface area (Å²) in [5, 5.41) is 0. The van der Waals surface area contributed by atoms with Crippen LogP contribution in [0, 0.1) is 0 Å². The Hall–Kier alpha value is -1.10. The zero-order chi connectivity index (χ0) is 21.7. The van der Waals surface area contributed by atoms with Crippen molar-refractivity contribution in [2.45, 2.75) is 130 Å². The first-order valence-electron chi connectivity index (χ1n) is 12.0. The van der Waals surface area contributed by atoms with Crippen LogP contribution in [0.5, 0.6) is 0 Å². The minimum atomic E-state index is -0.284. The van der Waals surface area contributed by atoms with E-state index in [2.05, 4.69) is 13.8 Å². The van der Waals surface area contributed by atoms with Crippen molar-refractivity contribution in [1.82, 2.24) is 0 Å². The molecule has 2 atom stereocenters. The molecule has 0 aromatic carbocycles. The SMILES string of the molecule is CCCCCCCCC(=O)OC(C)COCC(C)OC(=O)CCCCCCCC. The summed E-state index contributed by atoms with van der Waals surface area (Å²) >= 11 is 0. The van der Waals surface area contributed by atoms with Crippen LogP contribution in [0.15, 0.2) is 0 Å². The summed E-state index contributed by atoms with van der Waals surface area (Å²) in [5.41, 5.74) is 0. The molecule has 0 aromatic heterocycles. The molecule has 0 N–H and O–H groups in total. The first kappa shape index (κ1) is 27.9. The average molecular weight is 415 g/mol.